The molecule has 0 spiro atoms. The fourth-order valence-electron chi connectivity index (χ4n) is 2.37. The van der Waals surface area contributed by atoms with E-state index >= 15 is 0 Å². The van der Waals surface area contributed by atoms with Crippen molar-refractivity contribution in [3.63, 3.8) is 0 Å². The average molecular weight is 339 g/mol. The van der Waals surface area contributed by atoms with Gasteiger partial charge >= 0.3 is 0 Å². The van der Waals surface area contributed by atoms with E-state index in [1.54, 1.807) is 13.2 Å². The lowest BCUT2D eigenvalue weighted by Crippen LogP contribution is -2.39. The largest absolute Gasteiger partial charge is 0.383 e. The van der Waals surface area contributed by atoms with Gasteiger partial charge in [0.2, 0.25) is 0 Å². The van der Waals surface area contributed by atoms with E-state index < -0.39 is 5.82 Å². The summed E-state index contributed by atoms with van der Waals surface area (Å²) in [5.74, 6) is -0.520. The van der Waals surface area contributed by atoms with Crippen LogP contribution in [0.15, 0.2) is 24.4 Å². The number of methoxy groups -OCH3 is 1. The molecule has 0 aliphatic heterocycles. The van der Waals surface area contributed by atoms with Crippen molar-refractivity contribution in [2.24, 2.45) is 5.92 Å². The summed E-state index contributed by atoms with van der Waals surface area (Å²) in [4.78, 5) is 12.3. The Morgan fingerprint density at radius 2 is 2.35 bits per heavy atom. The van der Waals surface area contributed by atoms with Crippen molar-refractivity contribution in [2.75, 3.05) is 13.7 Å². The van der Waals surface area contributed by atoms with Crippen LogP contribution in [0.25, 0.3) is 5.69 Å². The Balaban J connectivity index is 1.75. The summed E-state index contributed by atoms with van der Waals surface area (Å²) in [5.41, 5.74) is 0.255. The topological polar surface area (TPSA) is 69.0 Å². The zero-order valence-corrected chi connectivity index (χ0v) is 13.3. The van der Waals surface area contributed by atoms with Crippen molar-refractivity contribution in [1.29, 1.82) is 0 Å². The van der Waals surface area contributed by atoms with E-state index in [9.17, 15) is 9.18 Å². The molecule has 1 aromatic carbocycles. The molecular formula is C15H16ClFN4O2. The molecule has 0 radical (unpaired) electrons. The van der Waals surface area contributed by atoms with Gasteiger partial charge in [-0.2, -0.15) is 0 Å². The highest BCUT2D eigenvalue weighted by atomic mass is 35.5. The van der Waals surface area contributed by atoms with Crippen molar-refractivity contribution >= 4 is 17.5 Å². The molecule has 1 aliphatic rings. The molecule has 23 heavy (non-hydrogen) atoms. The van der Waals surface area contributed by atoms with Crippen LogP contribution in [0.5, 0.6) is 0 Å². The van der Waals surface area contributed by atoms with Gasteiger partial charge in [0, 0.05) is 7.11 Å². The van der Waals surface area contributed by atoms with E-state index in [4.69, 9.17) is 16.3 Å². The monoisotopic (exact) mass is 338 g/mol. The van der Waals surface area contributed by atoms with Gasteiger partial charge in [0.1, 0.15) is 5.69 Å². The molecule has 8 heteroatoms. The number of aromatic nitrogens is 3. The van der Waals surface area contributed by atoms with Crippen molar-refractivity contribution < 1.29 is 13.9 Å². The fraction of sp³-hybridized carbons (Fsp3) is 0.400. The number of hydrogen-bond donors (Lipinski definition) is 1. The lowest BCUT2D eigenvalue weighted by atomic mass is 10.2. The summed E-state index contributed by atoms with van der Waals surface area (Å²) in [5, 5.41) is 10.5. The highest BCUT2D eigenvalue weighted by Crippen LogP contribution is 2.32. The van der Waals surface area contributed by atoms with Crippen molar-refractivity contribution in [2.45, 2.75) is 18.9 Å². The number of rotatable bonds is 6. The second-order valence-electron chi connectivity index (χ2n) is 5.49. The predicted octanol–water partition coefficient (Wildman–Crippen LogP) is 2.21. The smallest absolute Gasteiger partial charge is 0.273 e. The maximum Gasteiger partial charge on any atom is 0.273 e. The summed E-state index contributed by atoms with van der Waals surface area (Å²) < 4.78 is 20.3. The van der Waals surface area contributed by atoms with E-state index in [2.05, 4.69) is 15.6 Å². The zero-order chi connectivity index (χ0) is 16.4. The molecule has 1 atom stereocenters. The van der Waals surface area contributed by atoms with Crippen LogP contribution in [0.1, 0.15) is 23.3 Å². The third kappa shape index (κ3) is 3.51. The molecule has 1 saturated carbocycles. The third-order valence-electron chi connectivity index (χ3n) is 3.76. The molecule has 2 aromatic rings. The minimum atomic E-state index is -0.610. The summed E-state index contributed by atoms with van der Waals surface area (Å²) in [7, 11) is 1.60. The van der Waals surface area contributed by atoms with E-state index in [1.807, 2.05) is 0 Å². The minimum absolute atomic E-state index is 0.0158. The van der Waals surface area contributed by atoms with E-state index in [0.717, 1.165) is 12.8 Å². The van der Waals surface area contributed by atoms with Crippen LogP contribution >= 0.6 is 11.6 Å². The van der Waals surface area contributed by atoms with Crippen LogP contribution in [0, 0.1) is 11.7 Å². The molecule has 6 nitrogen and oxygen atoms in total. The van der Waals surface area contributed by atoms with Gasteiger partial charge in [-0.3, -0.25) is 4.79 Å². The van der Waals surface area contributed by atoms with E-state index in [-0.39, 0.29) is 28.4 Å². The summed E-state index contributed by atoms with van der Waals surface area (Å²) in [6.07, 6.45) is 3.53. The third-order valence-corrected chi connectivity index (χ3v) is 4.05. The number of ether oxygens (including phenoxy) is 1. The van der Waals surface area contributed by atoms with Crippen LogP contribution < -0.4 is 5.32 Å². The van der Waals surface area contributed by atoms with Gasteiger partial charge in [0.15, 0.2) is 11.5 Å². The van der Waals surface area contributed by atoms with Crippen LogP contribution in [-0.2, 0) is 4.74 Å². The first-order valence-corrected chi connectivity index (χ1v) is 7.64. The quantitative estimate of drug-likeness (QED) is 0.876. The molecule has 1 fully saturated rings. The van der Waals surface area contributed by atoms with Gasteiger partial charge < -0.3 is 10.1 Å². The summed E-state index contributed by atoms with van der Waals surface area (Å²) >= 11 is 5.75. The number of hydrogen-bond acceptors (Lipinski definition) is 4. The zero-order valence-electron chi connectivity index (χ0n) is 12.5. The predicted molar refractivity (Wildman–Crippen MR) is 82.2 cm³/mol. The first-order valence-electron chi connectivity index (χ1n) is 7.26. The Bertz CT molecular complexity index is 717. The SMILES string of the molecule is COC[C@@H](NC(=O)c1cn(-c2cccc(Cl)c2F)nn1)C1CC1. The summed E-state index contributed by atoms with van der Waals surface area (Å²) in [6, 6.07) is 4.51. The van der Waals surface area contributed by atoms with Gasteiger partial charge in [0.05, 0.1) is 23.9 Å². The number of carbonyl (C=O) groups excluding carboxylic acids is 1. The van der Waals surface area contributed by atoms with Gasteiger partial charge in [-0.15, -0.1) is 5.10 Å². The second kappa shape index (κ2) is 6.64. The van der Waals surface area contributed by atoms with Crippen molar-refractivity contribution in [3.05, 3.63) is 40.9 Å². The molecule has 0 saturated heterocycles. The molecule has 1 aliphatic carbocycles. The van der Waals surface area contributed by atoms with Crippen molar-refractivity contribution in [3.8, 4) is 5.69 Å². The van der Waals surface area contributed by atoms with Gasteiger partial charge in [0.25, 0.3) is 5.91 Å². The molecule has 0 unspecified atom stereocenters. The Hall–Kier alpha value is -1.99. The molecule has 122 valence electrons. The van der Waals surface area contributed by atoms with Crippen LogP contribution in [0.4, 0.5) is 4.39 Å². The first kappa shape index (κ1) is 15.9. The molecule has 1 aromatic heterocycles. The van der Waals surface area contributed by atoms with Crippen LogP contribution in [0.3, 0.4) is 0 Å². The Labute approximate surface area is 137 Å². The lowest BCUT2D eigenvalue weighted by Gasteiger charge is -2.16. The normalized spacial score (nSPS) is 15.4. The number of halogens is 2. The van der Waals surface area contributed by atoms with E-state index in [0.29, 0.717) is 12.5 Å². The number of nitrogens with one attached hydrogen (secondary N) is 1. The molecule has 1 N–H and O–H groups in total. The Kier molecular flexibility index (Phi) is 4.58. The van der Waals surface area contributed by atoms with E-state index in [1.165, 1.54) is 23.0 Å². The minimum Gasteiger partial charge on any atom is -0.383 e. The van der Waals surface area contributed by atoms with Gasteiger partial charge in [-0.1, -0.05) is 22.9 Å². The number of carbonyl (C=O) groups is 1. The molecule has 1 heterocycles. The second-order valence-corrected chi connectivity index (χ2v) is 5.90. The fourth-order valence-corrected chi connectivity index (χ4v) is 2.54. The van der Waals surface area contributed by atoms with Gasteiger partial charge in [-0.05, 0) is 30.9 Å². The highest BCUT2D eigenvalue weighted by molar-refractivity contribution is 6.30. The Morgan fingerprint density at radius 1 is 1.57 bits per heavy atom. The number of benzene rings is 1. The lowest BCUT2D eigenvalue weighted by molar-refractivity contribution is 0.0879. The average Bonchev–Trinajstić information content (AvgIpc) is 3.26. The highest BCUT2D eigenvalue weighted by Gasteiger charge is 2.32. The number of nitrogens with zero attached hydrogens (tertiary/aromatic N) is 3. The summed E-state index contributed by atoms with van der Waals surface area (Å²) in [6.45, 7) is 0.452. The first-order chi connectivity index (χ1) is 11.1. The molecular weight excluding hydrogens is 323 g/mol. The van der Waals surface area contributed by atoms with Crippen molar-refractivity contribution in [1.82, 2.24) is 20.3 Å². The standard InChI is InChI=1S/C15H16ClFN4O2/c1-23-8-12(9-5-6-9)18-15(22)11-7-21(20-19-11)13-4-2-3-10(16)14(13)17/h2-4,7,9,12H,5-6,8H2,1H3,(H,18,22)/t12-/m1/s1. The van der Waals surface area contributed by atoms with Crippen LogP contribution in [0.2, 0.25) is 5.02 Å². The maximum absolute atomic E-state index is 14.0. The van der Waals surface area contributed by atoms with Crippen LogP contribution in [-0.4, -0.2) is 40.7 Å². The van der Waals surface area contributed by atoms with Gasteiger partial charge in [-0.25, -0.2) is 9.07 Å². The molecule has 1 amide bonds. The molecule has 3 rings (SSSR count). The maximum atomic E-state index is 14.0. The number of amides is 1. The Morgan fingerprint density at radius 3 is 3.04 bits per heavy atom. The molecule has 0 bridgehead atoms.